The number of amides is 1. The van der Waals surface area contributed by atoms with Gasteiger partial charge in [0.15, 0.2) is 10.9 Å². The van der Waals surface area contributed by atoms with Crippen LogP contribution < -0.4 is 5.32 Å². The molecule has 188 valence electrons. The van der Waals surface area contributed by atoms with E-state index in [-0.39, 0.29) is 23.6 Å². The molecule has 0 atom stereocenters. The lowest BCUT2D eigenvalue weighted by Crippen LogP contribution is -2.32. The van der Waals surface area contributed by atoms with E-state index in [4.69, 9.17) is 4.74 Å². The molecule has 1 fully saturated rings. The Bertz CT molecular complexity index is 1230. The maximum atomic E-state index is 14.7. The van der Waals surface area contributed by atoms with Crippen LogP contribution >= 0.6 is 11.3 Å². The van der Waals surface area contributed by atoms with Crippen LogP contribution in [0.25, 0.3) is 22.3 Å². The highest BCUT2D eigenvalue weighted by Gasteiger charge is 2.27. The molecule has 1 saturated carbocycles. The van der Waals surface area contributed by atoms with Gasteiger partial charge in [0.2, 0.25) is 0 Å². The zero-order chi connectivity index (χ0) is 25.7. The van der Waals surface area contributed by atoms with Crippen molar-refractivity contribution in [1.82, 2.24) is 5.32 Å². The van der Waals surface area contributed by atoms with Crippen LogP contribution in [0, 0.1) is 17.0 Å². The maximum Gasteiger partial charge on any atom is 0.308 e. The highest BCUT2D eigenvalue weighted by molar-refractivity contribution is 7.12. The lowest BCUT2D eigenvalue weighted by Gasteiger charge is -2.27. The van der Waals surface area contributed by atoms with E-state index < -0.39 is 5.13 Å². The summed E-state index contributed by atoms with van der Waals surface area (Å²) in [5.41, 5.74) is 3.68. The highest BCUT2D eigenvalue weighted by Crippen LogP contribution is 2.33. The fourth-order valence-corrected chi connectivity index (χ4v) is 5.43. The molecule has 4 rings (SSSR count). The maximum absolute atomic E-state index is 14.7. The molecule has 1 aliphatic rings. The number of nitrogens with one attached hydrogen (secondary N) is 1. The lowest BCUT2D eigenvalue weighted by molar-refractivity contribution is -0.149. The Hall–Kier alpha value is -3.32. The molecule has 1 heterocycles. The summed E-state index contributed by atoms with van der Waals surface area (Å²) in [6, 6.07) is 16.5. The van der Waals surface area contributed by atoms with Crippen LogP contribution in [-0.4, -0.2) is 30.8 Å². The second-order valence-corrected chi connectivity index (χ2v) is 10.2. The van der Waals surface area contributed by atoms with Gasteiger partial charge in [-0.25, -0.2) is 0 Å². The monoisotopic (exact) mass is 507 g/mol. The van der Waals surface area contributed by atoms with Crippen LogP contribution in [0.5, 0.6) is 0 Å². The SMILES string of the molecule is CCOC(=O)[C@H]1CC[C@H](CNC(=O)c2cc(-c3ccc(-c4ccc(C(C)=O)cc4)cc3)c(F)s2)CC1. The average molecular weight is 508 g/mol. The third kappa shape index (κ3) is 6.08. The first kappa shape index (κ1) is 25.8. The predicted octanol–water partition coefficient (Wildman–Crippen LogP) is 6.52. The van der Waals surface area contributed by atoms with Crippen LogP contribution in [0.1, 0.15) is 59.6 Å². The second kappa shape index (κ2) is 11.6. The van der Waals surface area contributed by atoms with E-state index in [0.717, 1.165) is 48.1 Å². The number of hydrogen-bond acceptors (Lipinski definition) is 5. The Morgan fingerprint density at radius 1 is 0.944 bits per heavy atom. The number of rotatable bonds is 8. The Balaban J connectivity index is 1.35. The van der Waals surface area contributed by atoms with Crippen molar-refractivity contribution < 1.29 is 23.5 Å². The Morgan fingerprint density at radius 3 is 2.11 bits per heavy atom. The van der Waals surface area contributed by atoms with Crippen molar-refractivity contribution >= 4 is 29.0 Å². The van der Waals surface area contributed by atoms with Gasteiger partial charge in [-0.15, -0.1) is 11.3 Å². The van der Waals surface area contributed by atoms with Crippen molar-refractivity contribution in [2.24, 2.45) is 11.8 Å². The van der Waals surface area contributed by atoms with Gasteiger partial charge in [0.05, 0.1) is 17.4 Å². The number of ketones is 1. The van der Waals surface area contributed by atoms with Gasteiger partial charge in [-0.2, -0.15) is 4.39 Å². The van der Waals surface area contributed by atoms with Gasteiger partial charge in [0.1, 0.15) is 0 Å². The van der Waals surface area contributed by atoms with E-state index in [9.17, 15) is 18.8 Å². The topological polar surface area (TPSA) is 72.5 Å². The van der Waals surface area contributed by atoms with E-state index in [1.165, 1.54) is 6.92 Å². The van der Waals surface area contributed by atoms with Crippen molar-refractivity contribution in [2.45, 2.75) is 39.5 Å². The van der Waals surface area contributed by atoms with Crippen LogP contribution in [0.2, 0.25) is 0 Å². The lowest BCUT2D eigenvalue weighted by atomic mass is 9.82. The van der Waals surface area contributed by atoms with Crippen LogP contribution in [0.4, 0.5) is 4.39 Å². The molecule has 36 heavy (non-hydrogen) atoms. The number of carbonyl (C=O) groups is 3. The molecule has 0 radical (unpaired) electrons. The summed E-state index contributed by atoms with van der Waals surface area (Å²) in [5, 5.41) is 2.54. The van der Waals surface area contributed by atoms with Gasteiger partial charge in [-0.05, 0) is 68.2 Å². The molecule has 1 N–H and O–H groups in total. The van der Waals surface area contributed by atoms with Gasteiger partial charge in [-0.1, -0.05) is 48.5 Å². The molecule has 1 aliphatic carbocycles. The summed E-state index contributed by atoms with van der Waals surface area (Å²) >= 11 is 0.847. The zero-order valence-corrected chi connectivity index (χ0v) is 21.3. The van der Waals surface area contributed by atoms with Crippen molar-refractivity contribution in [3.8, 4) is 22.3 Å². The van der Waals surface area contributed by atoms with Gasteiger partial charge in [0.25, 0.3) is 5.91 Å². The van der Waals surface area contributed by atoms with Crippen molar-refractivity contribution in [1.29, 1.82) is 0 Å². The average Bonchev–Trinajstić information content (AvgIpc) is 3.29. The number of esters is 1. The summed E-state index contributed by atoms with van der Waals surface area (Å²) in [6.07, 6.45) is 3.26. The van der Waals surface area contributed by atoms with Crippen LogP contribution in [0.15, 0.2) is 54.6 Å². The Kier molecular flexibility index (Phi) is 8.31. The molecule has 0 saturated heterocycles. The molecular formula is C29H30FNO4S. The summed E-state index contributed by atoms with van der Waals surface area (Å²) in [6.45, 7) is 4.26. The first-order valence-electron chi connectivity index (χ1n) is 12.3. The van der Waals surface area contributed by atoms with E-state index in [2.05, 4.69) is 5.32 Å². The Morgan fingerprint density at radius 2 is 1.53 bits per heavy atom. The first-order chi connectivity index (χ1) is 17.4. The minimum Gasteiger partial charge on any atom is -0.466 e. The van der Waals surface area contributed by atoms with E-state index in [1.807, 2.05) is 43.3 Å². The van der Waals surface area contributed by atoms with Crippen molar-refractivity contribution in [3.63, 3.8) is 0 Å². The number of hydrogen-bond donors (Lipinski definition) is 1. The first-order valence-corrected chi connectivity index (χ1v) is 13.1. The van der Waals surface area contributed by atoms with Crippen molar-refractivity contribution in [2.75, 3.05) is 13.2 Å². The summed E-state index contributed by atoms with van der Waals surface area (Å²) < 4.78 is 19.8. The molecule has 1 aromatic heterocycles. The number of halogens is 1. The fourth-order valence-electron chi connectivity index (χ4n) is 4.60. The quantitative estimate of drug-likeness (QED) is 0.278. The van der Waals surface area contributed by atoms with Gasteiger partial charge in [0, 0.05) is 17.7 Å². The minimum atomic E-state index is -0.395. The van der Waals surface area contributed by atoms with E-state index in [1.54, 1.807) is 18.2 Å². The standard InChI is InChI=1S/C29H30FNO4S/c1-3-35-29(34)24-6-4-19(5-7-24)17-31-28(33)26-16-25(27(30)36-26)23-14-12-22(13-15-23)21-10-8-20(9-11-21)18(2)32/h8-16,19,24H,3-7,17H2,1-2H3,(H,31,33)/t19-,24-. The van der Waals surface area contributed by atoms with Gasteiger partial charge in [-0.3, -0.25) is 14.4 Å². The number of benzene rings is 2. The minimum absolute atomic E-state index is 0.0195. The molecule has 7 heteroatoms. The highest BCUT2D eigenvalue weighted by atomic mass is 32.1. The fraction of sp³-hybridized carbons (Fsp3) is 0.345. The van der Waals surface area contributed by atoms with E-state index >= 15 is 0 Å². The smallest absolute Gasteiger partial charge is 0.308 e. The number of thiophene rings is 1. The van der Waals surface area contributed by atoms with Gasteiger partial charge < -0.3 is 10.1 Å². The molecular weight excluding hydrogens is 477 g/mol. The molecule has 5 nitrogen and oxygen atoms in total. The predicted molar refractivity (Wildman–Crippen MR) is 140 cm³/mol. The third-order valence-electron chi connectivity index (χ3n) is 6.75. The summed E-state index contributed by atoms with van der Waals surface area (Å²) in [7, 11) is 0. The Labute approximate surface area is 214 Å². The normalized spacial score (nSPS) is 17.4. The van der Waals surface area contributed by atoms with Crippen molar-refractivity contribution in [3.05, 3.63) is 70.2 Å². The largest absolute Gasteiger partial charge is 0.466 e. The summed E-state index contributed by atoms with van der Waals surface area (Å²) in [5.74, 6) is -0.121. The number of Topliss-reactive ketones (excluding diaryl/α,β-unsaturated/α-hetero) is 1. The number of ether oxygens (including phenoxy) is 1. The molecule has 1 amide bonds. The molecule has 0 unspecified atom stereocenters. The molecule has 0 bridgehead atoms. The molecule has 3 aromatic rings. The molecule has 2 aromatic carbocycles. The van der Waals surface area contributed by atoms with Gasteiger partial charge >= 0.3 is 5.97 Å². The van der Waals surface area contributed by atoms with Crippen LogP contribution in [0.3, 0.4) is 0 Å². The molecule has 0 aliphatic heterocycles. The molecule has 0 spiro atoms. The second-order valence-electron chi connectivity index (χ2n) is 9.19. The zero-order valence-electron chi connectivity index (χ0n) is 20.5. The summed E-state index contributed by atoms with van der Waals surface area (Å²) in [4.78, 5) is 36.4. The third-order valence-corrected chi connectivity index (χ3v) is 7.67. The van der Waals surface area contributed by atoms with E-state index in [0.29, 0.717) is 40.6 Å². The van der Waals surface area contributed by atoms with Crippen LogP contribution in [-0.2, 0) is 9.53 Å². The number of carbonyl (C=O) groups excluding carboxylic acids is 3.